The second-order valence-corrected chi connectivity index (χ2v) is 4.87. The monoisotopic (exact) mass is 305 g/mol. The number of nitrogens with zero attached hydrogens (tertiary/aromatic N) is 2. The summed E-state index contributed by atoms with van der Waals surface area (Å²) in [5.74, 6) is -0.349. The zero-order valence-corrected chi connectivity index (χ0v) is 11.5. The number of para-hydroxylation sites is 1. The molecule has 0 atom stereocenters. The molecule has 1 heterocycles. The van der Waals surface area contributed by atoms with Crippen molar-refractivity contribution in [3.05, 3.63) is 64.9 Å². The van der Waals surface area contributed by atoms with Crippen LogP contribution in [0.2, 0.25) is 5.02 Å². The van der Waals surface area contributed by atoms with E-state index >= 15 is 0 Å². The standard InChI is InChI=1S/C15H10ClF2N3/c16-11-6-9(4-5-12(11)17)7-19-15-10-2-1-3-13(18)14(10)20-8-21-15/h1-6,8H,7H2,(H,19,20,21). The van der Waals surface area contributed by atoms with E-state index in [2.05, 4.69) is 15.3 Å². The van der Waals surface area contributed by atoms with Gasteiger partial charge in [0.15, 0.2) is 0 Å². The molecule has 0 aliphatic heterocycles. The van der Waals surface area contributed by atoms with Gasteiger partial charge in [-0.15, -0.1) is 0 Å². The number of benzene rings is 2. The number of fused-ring (bicyclic) bond motifs is 1. The largest absolute Gasteiger partial charge is 0.365 e. The number of anilines is 1. The smallest absolute Gasteiger partial charge is 0.149 e. The highest BCUT2D eigenvalue weighted by Crippen LogP contribution is 2.22. The SMILES string of the molecule is Fc1ccc(CNc2ncnc3c(F)cccc23)cc1Cl. The van der Waals surface area contributed by atoms with Gasteiger partial charge < -0.3 is 5.32 Å². The Morgan fingerprint density at radius 2 is 1.90 bits per heavy atom. The summed E-state index contributed by atoms with van der Waals surface area (Å²) in [7, 11) is 0. The van der Waals surface area contributed by atoms with E-state index in [0.29, 0.717) is 17.7 Å². The third-order valence-electron chi connectivity index (χ3n) is 3.06. The molecule has 2 aromatic carbocycles. The minimum atomic E-state index is -0.463. The van der Waals surface area contributed by atoms with Crippen molar-refractivity contribution in [3.63, 3.8) is 0 Å². The number of aromatic nitrogens is 2. The second kappa shape index (κ2) is 5.61. The number of hydrogen-bond acceptors (Lipinski definition) is 3. The van der Waals surface area contributed by atoms with Crippen molar-refractivity contribution in [3.8, 4) is 0 Å². The van der Waals surface area contributed by atoms with Crippen molar-refractivity contribution in [2.75, 3.05) is 5.32 Å². The van der Waals surface area contributed by atoms with Gasteiger partial charge in [0.25, 0.3) is 0 Å². The Balaban J connectivity index is 1.88. The summed E-state index contributed by atoms with van der Waals surface area (Å²) in [6.45, 7) is 0.391. The average molecular weight is 306 g/mol. The highest BCUT2D eigenvalue weighted by Gasteiger charge is 2.07. The number of hydrogen-bond donors (Lipinski definition) is 1. The molecule has 0 spiro atoms. The Hall–Kier alpha value is -2.27. The summed E-state index contributed by atoms with van der Waals surface area (Å²) in [6, 6.07) is 9.14. The molecule has 0 aliphatic rings. The molecule has 1 N–H and O–H groups in total. The van der Waals surface area contributed by atoms with Crippen LogP contribution in [0.5, 0.6) is 0 Å². The van der Waals surface area contributed by atoms with E-state index in [1.54, 1.807) is 18.2 Å². The van der Waals surface area contributed by atoms with Crippen molar-refractivity contribution < 1.29 is 8.78 Å². The van der Waals surface area contributed by atoms with Crippen LogP contribution in [0.15, 0.2) is 42.7 Å². The van der Waals surface area contributed by atoms with E-state index in [-0.39, 0.29) is 10.5 Å². The average Bonchev–Trinajstić information content (AvgIpc) is 2.49. The van der Waals surface area contributed by atoms with Crippen LogP contribution in [0.25, 0.3) is 10.9 Å². The van der Waals surface area contributed by atoms with E-state index in [0.717, 1.165) is 5.56 Å². The topological polar surface area (TPSA) is 37.8 Å². The van der Waals surface area contributed by atoms with Gasteiger partial charge in [-0.2, -0.15) is 0 Å². The molecule has 0 saturated carbocycles. The predicted molar refractivity (Wildman–Crippen MR) is 78.2 cm³/mol. The van der Waals surface area contributed by atoms with Crippen LogP contribution in [-0.2, 0) is 6.54 Å². The first kappa shape index (κ1) is 13.7. The fourth-order valence-electron chi connectivity index (χ4n) is 2.03. The maximum absolute atomic E-state index is 13.6. The quantitative estimate of drug-likeness (QED) is 0.789. The van der Waals surface area contributed by atoms with E-state index in [9.17, 15) is 8.78 Å². The predicted octanol–water partition coefficient (Wildman–Crippen LogP) is 4.17. The summed E-state index contributed by atoms with van der Waals surface area (Å²) in [6.07, 6.45) is 1.30. The molecule has 1 aromatic heterocycles. The Labute approximate surface area is 124 Å². The zero-order valence-electron chi connectivity index (χ0n) is 10.8. The Kier molecular flexibility index (Phi) is 3.66. The van der Waals surface area contributed by atoms with Crippen LogP contribution in [0, 0.1) is 11.6 Å². The van der Waals surface area contributed by atoms with Gasteiger partial charge in [-0.3, -0.25) is 0 Å². The molecule has 0 saturated heterocycles. The maximum atomic E-state index is 13.6. The second-order valence-electron chi connectivity index (χ2n) is 4.46. The lowest BCUT2D eigenvalue weighted by Crippen LogP contribution is -2.03. The number of halogens is 3. The molecule has 3 aromatic rings. The van der Waals surface area contributed by atoms with Gasteiger partial charge in [0, 0.05) is 11.9 Å². The van der Waals surface area contributed by atoms with Gasteiger partial charge in [-0.25, -0.2) is 18.7 Å². The summed E-state index contributed by atoms with van der Waals surface area (Å²) >= 11 is 5.73. The van der Waals surface area contributed by atoms with Gasteiger partial charge in [-0.05, 0) is 29.8 Å². The first-order valence-electron chi connectivity index (χ1n) is 6.22. The molecule has 6 heteroatoms. The summed E-state index contributed by atoms with van der Waals surface area (Å²) in [5, 5.41) is 3.73. The fourth-order valence-corrected chi connectivity index (χ4v) is 2.23. The van der Waals surface area contributed by atoms with Gasteiger partial charge in [0.2, 0.25) is 0 Å². The van der Waals surface area contributed by atoms with Crippen LogP contribution >= 0.6 is 11.6 Å². The zero-order chi connectivity index (χ0) is 14.8. The van der Waals surface area contributed by atoms with Gasteiger partial charge in [0.1, 0.15) is 29.3 Å². The summed E-state index contributed by atoms with van der Waals surface area (Å²) in [4.78, 5) is 8.03. The molecule has 3 rings (SSSR count). The summed E-state index contributed by atoms with van der Waals surface area (Å²) < 4.78 is 26.7. The van der Waals surface area contributed by atoms with Crippen molar-refractivity contribution in [1.29, 1.82) is 0 Å². The normalized spacial score (nSPS) is 10.8. The lowest BCUT2D eigenvalue weighted by molar-refractivity contribution is 0.627. The number of nitrogens with one attached hydrogen (secondary N) is 1. The van der Waals surface area contributed by atoms with E-state index < -0.39 is 11.6 Å². The highest BCUT2D eigenvalue weighted by molar-refractivity contribution is 6.30. The molecule has 3 nitrogen and oxygen atoms in total. The Morgan fingerprint density at radius 1 is 1.05 bits per heavy atom. The van der Waals surface area contributed by atoms with Gasteiger partial charge >= 0.3 is 0 Å². The molecule has 0 fully saturated rings. The van der Waals surface area contributed by atoms with Crippen LogP contribution in [0.1, 0.15) is 5.56 Å². The molecule has 106 valence electrons. The summed E-state index contributed by atoms with van der Waals surface area (Å²) in [5.41, 5.74) is 1.05. The number of rotatable bonds is 3. The van der Waals surface area contributed by atoms with Gasteiger partial charge in [-0.1, -0.05) is 23.7 Å². The molecule has 0 amide bonds. The fraction of sp³-hybridized carbons (Fsp3) is 0.0667. The molecule has 0 unspecified atom stereocenters. The minimum Gasteiger partial charge on any atom is -0.365 e. The third-order valence-corrected chi connectivity index (χ3v) is 3.35. The van der Waals surface area contributed by atoms with E-state index in [4.69, 9.17) is 11.6 Å². The van der Waals surface area contributed by atoms with Crippen molar-refractivity contribution in [2.24, 2.45) is 0 Å². The Morgan fingerprint density at radius 3 is 2.71 bits per heavy atom. The van der Waals surface area contributed by atoms with Crippen LogP contribution < -0.4 is 5.32 Å². The highest BCUT2D eigenvalue weighted by atomic mass is 35.5. The maximum Gasteiger partial charge on any atom is 0.149 e. The van der Waals surface area contributed by atoms with Crippen LogP contribution in [0.4, 0.5) is 14.6 Å². The van der Waals surface area contributed by atoms with Crippen molar-refractivity contribution in [1.82, 2.24) is 9.97 Å². The molecule has 0 radical (unpaired) electrons. The lowest BCUT2D eigenvalue weighted by Gasteiger charge is -2.09. The molecule has 0 aliphatic carbocycles. The molecule has 0 bridgehead atoms. The van der Waals surface area contributed by atoms with E-state index in [1.807, 2.05) is 0 Å². The van der Waals surface area contributed by atoms with E-state index in [1.165, 1.54) is 24.5 Å². The van der Waals surface area contributed by atoms with Crippen LogP contribution in [-0.4, -0.2) is 9.97 Å². The van der Waals surface area contributed by atoms with Crippen molar-refractivity contribution >= 4 is 28.3 Å². The first-order chi connectivity index (χ1) is 10.1. The third kappa shape index (κ3) is 2.78. The van der Waals surface area contributed by atoms with Crippen molar-refractivity contribution in [2.45, 2.75) is 6.54 Å². The van der Waals surface area contributed by atoms with Gasteiger partial charge in [0.05, 0.1) is 5.02 Å². The molecular formula is C15H10ClF2N3. The minimum absolute atomic E-state index is 0.0629. The van der Waals surface area contributed by atoms with Crippen LogP contribution in [0.3, 0.4) is 0 Å². The molecule has 21 heavy (non-hydrogen) atoms. The molecular weight excluding hydrogens is 296 g/mol. The lowest BCUT2D eigenvalue weighted by atomic mass is 10.2. The first-order valence-corrected chi connectivity index (χ1v) is 6.60. The Bertz CT molecular complexity index is 808.